The van der Waals surface area contributed by atoms with Gasteiger partial charge in [-0.25, -0.2) is 4.39 Å². The summed E-state index contributed by atoms with van der Waals surface area (Å²) in [5, 5.41) is 8.26. The van der Waals surface area contributed by atoms with E-state index in [2.05, 4.69) is 29.2 Å². The highest BCUT2D eigenvalue weighted by atomic mass is 32.2. The molecule has 0 amide bonds. The smallest absolute Gasteiger partial charge is 0.123 e. The van der Waals surface area contributed by atoms with Crippen LogP contribution in [0.1, 0.15) is 11.1 Å². The maximum atomic E-state index is 12.1. The maximum Gasteiger partial charge on any atom is 0.123 e. The van der Waals surface area contributed by atoms with Crippen LogP contribution in [0.5, 0.6) is 0 Å². The van der Waals surface area contributed by atoms with Crippen LogP contribution in [0.15, 0.2) is 48.5 Å². The summed E-state index contributed by atoms with van der Waals surface area (Å²) in [6.45, 7) is 2.98. The third-order valence-corrected chi connectivity index (χ3v) is 4.46. The van der Waals surface area contributed by atoms with Crippen molar-refractivity contribution in [3.63, 3.8) is 0 Å². The van der Waals surface area contributed by atoms with Gasteiger partial charge in [-0.05, 0) is 42.0 Å². The van der Waals surface area contributed by atoms with Crippen LogP contribution in [-0.2, 0) is 6.54 Å². The van der Waals surface area contributed by atoms with Gasteiger partial charge in [-0.3, -0.25) is 0 Å². The molecule has 1 heterocycles. The van der Waals surface area contributed by atoms with Crippen molar-refractivity contribution < 1.29 is 4.39 Å². The summed E-state index contributed by atoms with van der Waals surface area (Å²) >= 11 is 2.04. The molecule has 120 valence electrons. The van der Waals surface area contributed by atoms with Crippen LogP contribution in [0.25, 0.3) is 0 Å². The number of anilines is 1. The highest BCUT2D eigenvalue weighted by Gasteiger charge is 2.10. The number of thioether (sulfide) groups is 1. The Kier molecular flexibility index (Phi) is 6.92. The Labute approximate surface area is 140 Å². The molecule has 2 aromatic carbocycles. The number of nitriles is 1. The van der Waals surface area contributed by atoms with Gasteiger partial charge in [0.1, 0.15) is 5.82 Å². The number of hydrogen-bond acceptors (Lipinski definition) is 4. The molecule has 1 saturated heterocycles. The SMILES string of the molecule is N#Cc1ccc(F)cc1.NCc1ccc(N2CCSCC2)cc1. The van der Waals surface area contributed by atoms with Crippen molar-refractivity contribution in [2.24, 2.45) is 5.73 Å². The number of rotatable bonds is 2. The van der Waals surface area contributed by atoms with Crippen LogP contribution in [-0.4, -0.2) is 24.6 Å². The molecule has 0 saturated carbocycles. The fourth-order valence-corrected chi connectivity index (χ4v) is 3.09. The molecule has 3 rings (SSSR count). The Morgan fingerprint density at radius 2 is 1.65 bits per heavy atom. The lowest BCUT2D eigenvalue weighted by molar-refractivity contribution is 0.627. The molecule has 3 nitrogen and oxygen atoms in total. The lowest BCUT2D eigenvalue weighted by Gasteiger charge is -2.28. The normalized spacial score (nSPS) is 13.7. The van der Waals surface area contributed by atoms with Crippen molar-refractivity contribution in [2.75, 3.05) is 29.5 Å². The van der Waals surface area contributed by atoms with E-state index in [9.17, 15) is 4.39 Å². The first-order chi connectivity index (χ1) is 11.2. The standard InChI is InChI=1S/C11H16N2S.C7H4FN/c12-9-10-1-3-11(4-2-10)13-5-7-14-8-6-13;8-7-3-1-6(5-9)2-4-7/h1-4H,5-9,12H2;1-4H. The second-order valence-corrected chi connectivity index (χ2v) is 6.31. The molecule has 5 heteroatoms. The van der Waals surface area contributed by atoms with Gasteiger partial charge in [0.15, 0.2) is 0 Å². The Morgan fingerprint density at radius 3 is 2.17 bits per heavy atom. The van der Waals surface area contributed by atoms with Gasteiger partial charge in [0.25, 0.3) is 0 Å². The number of nitrogens with zero attached hydrogens (tertiary/aromatic N) is 2. The molecule has 0 aromatic heterocycles. The maximum absolute atomic E-state index is 12.1. The second kappa shape index (κ2) is 9.19. The number of halogens is 1. The van der Waals surface area contributed by atoms with Crippen LogP contribution >= 0.6 is 11.8 Å². The first-order valence-electron chi connectivity index (χ1n) is 7.50. The van der Waals surface area contributed by atoms with Gasteiger partial charge in [-0.2, -0.15) is 17.0 Å². The highest BCUT2D eigenvalue weighted by molar-refractivity contribution is 7.99. The Bertz CT molecular complexity index is 629. The summed E-state index contributed by atoms with van der Waals surface area (Å²) in [5.41, 5.74) is 8.59. The summed E-state index contributed by atoms with van der Waals surface area (Å²) in [4.78, 5) is 2.44. The molecule has 0 spiro atoms. The zero-order chi connectivity index (χ0) is 16.5. The second-order valence-electron chi connectivity index (χ2n) is 5.09. The fourth-order valence-electron chi connectivity index (χ4n) is 2.19. The Morgan fingerprint density at radius 1 is 1.04 bits per heavy atom. The predicted molar refractivity (Wildman–Crippen MR) is 95.0 cm³/mol. The van der Waals surface area contributed by atoms with E-state index in [0.717, 1.165) is 0 Å². The molecule has 0 atom stereocenters. The quantitative estimate of drug-likeness (QED) is 0.917. The van der Waals surface area contributed by atoms with Crippen LogP contribution in [0, 0.1) is 17.1 Å². The van der Waals surface area contributed by atoms with Gasteiger partial charge in [-0.15, -0.1) is 0 Å². The average Bonchev–Trinajstić information content (AvgIpc) is 2.64. The molecule has 0 aliphatic carbocycles. The van der Waals surface area contributed by atoms with E-state index in [0.29, 0.717) is 12.1 Å². The minimum atomic E-state index is -0.311. The largest absolute Gasteiger partial charge is 0.370 e. The summed E-state index contributed by atoms with van der Waals surface area (Å²) in [6.07, 6.45) is 0. The first-order valence-corrected chi connectivity index (χ1v) is 8.66. The van der Waals surface area contributed by atoms with Gasteiger partial charge in [-0.1, -0.05) is 12.1 Å². The zero-order valence-corrected chi connectivity index (χ0v) is 13.7. The van der Waals surface area contributed by atoms with Crippen molar-refractivity contribution in [2.45, 2.75) is 6.54 Å². The lowest BCUT2D eigenvalue weighted by Crippen LogP contribution is -2.32. The molecule has 2 aromatic rings. The minimum absolute atomic E-state index is 0.311. The molecular formula is C18H20FN3S. The first kappa shape index (κ1) is 17.3. The predicted octanol–water partition coefficient (Wildman–Crippen LogP) is 3.40. The topological polar surface area (TPSA) is 53.1 Å². The van der Waals surface area contributed by atoms with Gasteiger partial charge in [0, 0.05) is 36.8 Å². The summed E-state index contributed by atoms with van der Waals surface area (Å²) in [6, 6.07) is 15.9. The zero-order valence-electron chi connectivity index (χ0n) is 12.9. The van der Waals surface area contributed by atoms with Crippen molar-refractivity contribution in [1.82, 2.24) is 0 Å². The van der Waals surface area contributed by atoms with E-state index in [4.69, 9.17) is 11.0 Å². The van der Waals surface area contributed by atoms with Gasteiger partial charge < -0.3 is 10.6 Å². The molecule has 23 heavy (non-hydrogen) atoms. The number of hydrogen-bond donors (Lipinski definition) is 1. The molecule has 0 unspecified atom stereocenters. The van der Waals surface area contributed by atoms with Crippen LogP contribution in [0.3, 0.4) is 0 Å². The van der Waals surface area contributed by atoms with E-state index in [1.807, 2.05) is 17.8 Å². The van der Waals surface area contributed by atoms with Gasteiger partial charge in [0.05, 0.1) is 11.6 Å². The minimum Gasteiger partial charge on any atom is -0.370 e. The summed E-state index contributed by atoms with van der Waals surface area (Å²) < 4.78 is 12.1. The van der Waals surface area contributed by atoms with E-state index in [1.54, 1.807) is 0 Å². The molecule has 1 aliphatic heterocycles. The monoisotopic (exact) mass is 329 g/mol. The van der Waals surface area contributed by atoms with E-state index < -0.39 is 0 Å². The van der Waals surface area contributed by atoms with E-state index >= 15 is 0 Å². The van der Waals surface area contributed by atoms with Crippen LogP contribution in [0.4, 0.5) is 10.1 Å². The van der Waals surface area contributed by atoms with Gasteiger partial charge >= 0.3 is 0 Å². The molecule has 2 N–H and O–H groups in total. The fraction of sp³-hybridized carbons (Fsp3) is 0.278. The Hall–Kier alpha value is -2.03. The van der Waals surface area contributed by atoms with Crippen molar-refractivity contribution >= 4 is 17.4 Å². The van der Waals surface area contributed by atoms with Crippen molar-refractivity contribution in [1.29, 1.82) is 5.26 Å². The number of benzene rings is 2. The van der Waals surface area contributed by atoms with Crippen molar-refractivity contribution in [3.05, 3.63) is 65.5 Å². The molecule has 0 radical (unpaired) electrons. The molecule has 0 bridgehead atoms. The van der Waals surface area contributed by atoms with Crippen LogP contribution in [0.2, 0.25) is 0 Å². The molecule has 1 fully saturated rings. The third-order valence-electron chi connectivity index (χ3n) is 3.52. The summed E-state index contributed by atoms with van der Waals surface area (Å²) in [7, 11) is 0. The van der Waals surface area contributed by atoms with E-state index in [1.165, 1.54) is 60.1 Å². The van der Waals surface area contributed by atoms with Crippen molar-refractivity contribution in [3.8, 4) is 6.07 Å². The third kappa shape index (κ3) is 5.59. The summed E-state index contributed by atoms with van der Waals surface area (Å²) in [5.74, 6) is 2.19. The Balaban J connectivity index is 0.000000185. The molecular weight excluding hydrogens is 309 g/mol. The highest BCUT2D eigenvalue weighted by Crippen LogP contribution is 2.19. The van der Waals surface area contributed by atoms with E-state index in [-0.39, 0.29) is 5.82 Å². The lowest BCUT2D eigenvalue weighted by atomic mass is 10.2. The molecule has 1 aliphatic rings. The van der Waals surface area contributed by atoms with Gasteiger partial charge in [0.2, 0.25) is 0 Å². The number of nitrogens with two attached hydrogens (primary N) is 1. The van der Waals surface area contributed by atoms with Crippen LogP contribution < -0.4 is 10.6 Å². The average molecular weight is 329 g/mol.